The summed E-state index contributed by atoms with van der Waals surface area (Å²) in [5, 5.41) is 2.10. The second-order valence-electron chi connectivity index (χ2n) is 3.00. The Morgan fingerprint density at radius 1 is 1.07 bits per heavy atom. The summed E-state index contributed by atoms with van der Waals surface area (Å²) in [6.45, 7) is 3.67. The van der Waals surface area contributed by atoms with Crippen molar-refractivity contribution in [1.29, 1.82) is 0 Å². The van der Waals surface area contributed by atoms with Gasteiger partial charge in [-0.2, -0.15) is 0 Å². The van der Waals surface area contributed by atoms with Gasteiger partial charge in [-0.1, -0.05) is 42.5 Å². The van der Waals surface area contributed by atoms with Crippen molar-refractivity contribution in [2.75, 3.05) is 0 Å². The molecule has 1 aromatic heterocycles. The highest BCUT2D eigenvalue weighted by atomic mass is 32.1. The lowest BCUT2D eigenvalue weighted by Crippen LogP contribution is -1.73. The molecule has 0 spiro atoms. The number of hydrogen-bond donors (Lipinski definition) is 0. The summed E-state index contributed by atoms with van der Waals surface area (Å²) in [6, 6.07) is 12.7. The molecule has 2 aromatic rings. The molecule has 0 aliphatic carbocycles. The number of thiophene rings is 1. The zero-order chi connectivity index (χ0) is 9.80. The van der Waals surface area contributed by atoms with E-state index in [1.165, 1.54) is 16.0 Å². The van der Waals surface area contributed by atoms with Crippen molar-refractivity contribution in [3.8, 4) is 10.4 Å². The van der Waals surface area contributed by atoms with Crippen LogP contribution in [0.5, 0.6) is 0 Å². The lowest BCUT2D eigenvalue weighted by molar-refractivity contribution is 1.65. The first kappa shape index (κ1) is 9.22. The van der Waals surface area contributed by atoms with Crippen LogP contribution in [-0.4, -0.2) is 0 Å². The van der Waals surface area contributed by atoms with Gasteiger partial charge >= 0.3 is 0 Å². The molecule has 0 bridgehead atoms. The number of allylic oxidation sites excluding steroid dienone is 1. The van der Waals surface area contributed by atoms with Crippen LogP contribution in [0.4, 0.5) is 0 Å². The number of benzene rings is 1. The van der Waals surface area contributed by atoms with E-state index in [2.05, 4.69) is 48.7 Å². The Balaban J connectivity index is 2.31. The quantitative estimate of drug-likeness (QED) is 0.677. The Hall–Kier alpha value is -1.34. The maximum absolute atomic E-state index is 3.67. The van der Waals surface area contributed by atoms with E-state index >= 15 is 0 Å². The van der Waals surface area contributed by atoms with Crippen LogP contribution in [0.2, 0.25) is 0 Å². The van der Waals surface area contributed by atoms with Crippen LogP contribution in [0.25, 0.3) is 16.5 Å². The van der Waals surface area contributed by atoms with E-state index in [1.54, 1.807) is 17.4 Å². The van der Waals surface area contributed by atoms with Gasteiger partial charge in [-0.25, -0.2) is 0 Å². The van der Waals surface area contributed by atoms with Gasteiger partial charge in [0.25, 0.3) is 0 Å². The molecule has 0 aliphatic heterocycles. The average molecular weight is 199 g/mol. The Morgan fingerprint density at radius 3 is 2.43 bits per heavy atom. The molecule has 14 heavy (non-hydrogen) atoms. The lowest BCUT2D eigenvalue weighted by Gasteiger charge is -1.97. The molecule has 0 nitrogen and oxygen atoms in total. The largest absolute Gasteiger partial charge is 0.144 e. The molecule has 0 saturated heterocycles. The van der Waals surface area contributed by atoms with Gasteiger partial charge in [0.05, 0.1) is 0 Å². The Labute approximate surface area is 88.5 Å². The van der Waals surface area contributed by atoms with Gasteiger partial charge in [-0.3, -0.25) is 0 Å². The zero-order valence-electron chi connectivity index (χ0n) is 7.81. The Kier molecular flexibility index (Phi) is 2.80. The Bertz CT molecular complexity index is 407. The van der Waals surface area contributed by atoms with Crippen molar-refractivity contribution in [3.05, 3.63) is 60.3 Å². The maximum Gasteiger partial charge on any atom is 0.0342 e. The van der Waals surface area contributed by atoms with Crippen molar-refractivity contribution >= 4 is 17.4 Å². The molecule has 0 N–H and O–H groups in total. The minimum atomic E-state index is 1.19. The van der Waals surface area contributed by atoms with Gasteiger partial charge < -0.3 is 0 Å². The molecule has 1 heteroatoms. The third-order valence-corrected chi connectivity index (χ3v) is 2.95. The average Bonchev–Trinajstić information content (AvgIpc) is 2.72. The molecule has 0 aliphatic rings. The standard InChI is InChI=1S/C13H11S/c1-2-4-11-6-8-12(9-7-11)13-5-3-10-14-13/h2-10H,1H2/b4-2+. The highest BCUT2D eigenvalue weighted by Gasteiger charge is 1.96. The molecule has 1 radical (unpaired) electrons. The molecule has 69 valence electrons. The highest BCUT2D eigenvalue weighted by Crippen LogP contribution is 2.24. The van der Waals surface area contributed by atoms with E-state index < -0.39 is 0 Å². The van der Waals surface area contributed by atoms with Crippen LogP contribution in [0.3, 0.4) is 0 Å². The predicted octanol–water partition coefficient (Wildman–Crippen LogP) is 4.26. The first-order valence-corrected chi connectivity index (χ1v) is 5.38. The first-order chi connectivity index (χ1) is 6.90. The van der Waals surface area contributed by atoms with Gasteiger partial charge in [0.2, 0.25) is 0 Å². The summed E-state index contributed by atoms with van der Waals surface area (Å²) in [4.78, 5) is 1.31. The van der Waals surface area contributed by atoms with E-state index in [1.807, 2.05) is 6.08 Å². The first-order valence-electron chi connectivity index (χ1n) is 4.50. The second-order valence-corrected chi connectivity index (χ2v) is 3.95. The fraction of sp³-hybridized carbons (Fsp3) is 0. The minimum Gasteiger partial charge on any atom is -0.144 e. The van der Waals surface area contributed by atoms with Crippen LogP contribution in [-0.2, 0) is 0 Å². The van der Waals surface area contributed by atoms with Gasteiger partial charge in [0.1, 0.15) is 0 Å². The van der Waals surface area contributed by atoms with Crippen molar-refractivity contribution < 1.29 is 0 Å². The van der Waals surface area contributed by atoms with E-state index in [4.69, 9.17) is 0 Å². The lowest BCUT2D eigenvalue weighted by atomic mass is 10.1. The second kappa shape index (κ2) is 4.25. The summed E-state index contributed by atoms with van der Waals surface area (Å²) in [6.07, 6.45) is 3.80. The van der Waals surface area contributed by atoms with Crippen LogP contribution in [0, 0.1) is 6.92 Å². The summed E-state index contributed by atoms with van der Waals surface area (Å²) in [5.41, 5.74) is 2.47. The molecular formula is C13H11S. The van der Waals surface area contributed by atoms with E-state index in [9.17, 15) is 0 Å². The minimum absolute atomic E-state index is 1.19. The molecule has 1 heterocycles. The van der Waals surface area contributed by atoms with Crippen LogP contribution in [0.1, 0.15) is 5.56 Å². The third kappa shape index (κ3) is 1.94. The topological polar surface area (TPSA) is 0 Å². The fourth-order valence-electron chi connectivity index (χ4n) is 1.34. The van der Waals surface area contributed by atoms with E-state index in [0.717, 1.165) is 0 Å². The van der Waals surface area contributed by atoms with Gasteiger partial charge in [0, 0.05) is 4.88 Å². The number of rotatable bonds is 2. The smallest absolute Gasteiger partial charge is 0.0342 e. The molecule has 0 amide bonds. The maximum atomic E-state index is 3.67. The van der Waals surface area contributed by atoms with Crippen molar-refractivity contribution in [3.63, 3.8) is 0 Å². The van der Waals surface area contributed by atoms with E-state index in [0.29, 0.717) is 0 Å². The third-order valence-electron chi connectivity index (χ3n) is 2.03. The highest BCUT2D eigenvalue weighted by molar-refractivity contribution is 7.13. The summed E-state index contributed by atoms with van der Waals surface area (Å²) >= 11 is 1.76. The van der Waals surface area contributed by atoms with Gasteiger partial charge in [-0.15, -0.1) is 11.3 Å². The van der Waals surface area contributed by atoms with Crippen molar-refractivity contribution in [1.82, 2.24) is 0 Å². The SMILES string of the molecule is [CH2]/C=C/c1ccc(-c2cccs2)cc1. The molecule has 2 rings (SSSR count). The van der Waals surface area contributed by atoms with Crippen LogP contribution < -0.4 is 0 Å². The Morgan fingerprint density at radius 2 is 1.86 bits per heavy atom. The summed E-state index contributed by atoms with van der Waals surface area (Å²) in [5.74, 6) is 0. The van der Waals surface area contributed by atoms with Gasteiger partial charge in [-0.05, 0) is 29.5 Å². The van der Waals surface area contributed by atoms with Gasteiger partial charge in [0.15, 0.2) is 0 Å². The monoisotopic (exact) mass is 199 g/mol. The normalized spacial score (nSPS) is 10.9. The molecule has 0 saturated carbocycles. The molecular weight excluding hydrogens is 188 g/mol. The predicted molar refractivity (Wildman–Crippen MR) is 64.1 cm³/mol. The summed E-state index contributed by atoms with van der Waals surface area (Å²) in [7, 11) is 0. The van der Waals surface area contributed by atoms with Crippen molar-refractivity contribution in [2.45, 2.75) is 0 Å². The fourth-order valence-corrected chi connectivity index (χ4v) is 2.07. The van der Waals surface area contributed by atoms with Crippen molar-refractivity contribution in [2.24, 2.45) is 0 Å². The molecule has 1 aromatic carbocycles. The zero-order valence-corrected chi connectivity index (χ0v) is 8.63. The molecule has 0 atom stereocenters. The van der Waals surface area contributed by atoms with Crippen LogP contribution in [0.15, 0.2) is 47.9 Å². The van der Waals surface area contributed by atoms with Crippen LogP contribution >= 0.6 is 11.3 Å². The van der Waals surface area contributed by atoms with E-state index in [-0.39, 0.29) is 0 Å². The molecule has 0 unspecified atom stereocenters. The number of hydrogen-bond acceptors (Lipinski definition) is 1. The summed E-state index contributed by atoms with van der Waals surface area (Å²) < 4.78 is 0. The molecule has 0 fully saturated rings.